The molecule has 1 nitrogen and oxygen atoms in total. The molecule has 3 heteroatoms. The predicted octanol–water partition coefficient (Wildman–Crippen LogP) is 3.05. The van der Waals surface area contributed by atoms with Crippen molar-refractivity contribution in [3.63, 3.8) is 0 Å². The minimum absolute atomic E-state index is 0.161. The molecule has 1 aromatic rings. The summed E-state index contributed by atoms with van der Waals surface area (Å²) in [6.07, 6.45) is 1.88. The maximum absolute atomic E-state index is 13.4. The lowest BCUT2D eigenvalue weighted by Gasteiger charge is -2.06. The number of aryl methyl sites for hydroxylation is 1. The zero-order chi connectivity index (χ0) is 9.26. The van der Waals surface area contributed by atoms with E-state index in [0.29, 0.717) is 6.61 Å². The number of hydrogen-bond donors (Lipinski definition) is 0. The smallest absolute Gasteiger partial charge is 0.130 e. The topological polar surface area (TPSA) is 9.23 Å². The molecule has 0 aliphatic carbocycles. The summed E-state index contributed by atoms with van der Waals surface area (Å²) in [4.78, 5) is 0. The average Bonchev–Trinajstić information content (AvgIpc) is 2.28. The molecule has 1 aliphatic heterocycles. The molecule has 0 amide bonds. The van der Waals surface area contributed by atoms with Gasteiger partial charge in [0.15, 0.2) is 0 Å². The van der Waals surface area contributed by atoms with Crippen molar-refractivity contribution in [3.05, 3.63) is 33.5 Å². The Morgan fingerprint density at radius 1 is 1.38 bits per heavy atom. The summed E-state index contributed by atoms with van der Waals surface area (Å²) in [5.41, 5.74) is 1.80. The van der Waals surface area contributed by atoms with E-state index in [-0.39, 0.29) is 5.82 Å². The third-order valence-corrected chi connectivity index (χ3v) is 2.69. The van der Waals surface area contributed by atoms with Crippen molar-refractivity contribution in [2.75, 3.05) is 6.61 Å². The first-order valence-electron chi connectivity index (χ1n) is 4.32. The van der Waals surface area contributed by atoms with Crippen LogP contribution in [0.3, 0.4) is 0 Å². The molecule has 0 aromatic heterocycles. The van der Waals surface area contributed by atoms with E-state index >= 15 is 0 Å². The molecule has 0 fully saturated rings. The summed E-state index contributed by atoms with van der Waals surface area (Å²) in [5.74, 6) is -0.161. The summed E-state index contributed by atoms with van der Waals surface area (Å²) in [5, 5.41) is 0. The second kappa shape index (κ2) is 3.76. The zero-order valence-electron chi connectivity index (χ0n) is 7.15. The molecule has 0 N–H and O–H groups in total. The number of fused-ring (bicyclic) bond motifs is 1. The maximum atomic E-state index is 13.4. The standard InChI is InChI=1S/C10H10BrFO/c11-8-4-7-2-1-3-13-6-9(7)10(12)5-8/h4-5H,1-3,6H2. The Morgan fingerprint density at radius 2 is 2.23 bits per heavy atom. The lowest BCUT2D eigenvalue weighted by molar-refractivity contribution is 0.123. The average molecular weight is 245 g/mol. The Labute approximate surface area is 85.0 Å². The second-order valence-electron chi connectivity index (χ2n) is 3.18. The monoisotopic (exact) mass is 244 g/mol. The van der Waals surface area contributed by atoms with Crippen LogP contribution in [0.15, 0.2) is 16.6 Å². The summed E-state index contributed by atoms with van der Waals surface area (Å²) in [7, 11) is 0. The van der Waals surface area contributed by atoms with Gasteiger partial charge in [0.05, 0.1) is 6.61 Å². The highest BCUT2D eigenvalue weighted by molar-refractivity contribution is 9.10. The van der Waals surface area contributed by atoms with Gasteiger partial charge in [-0.3, -0.25) is 0 Å². The Morgan fingerprint density at radius 3 is 3.08 bits per heavy atom. The molecule has 2 rings (SSSR count). The largest absolute Gasteiger partial charge is 0.377 e. The van der Waals surface area contributed by atoms with Crippen molar-refractivity contribution >= 4 is 15.9 Å². The van der Waals surface area contributed by atoms with E-state index < -0.39 is 0 Å². The number of halogens is 2. The SMILES string of the molecule is Fc1cc(Br)cc2c1COCCC2. The quantitative estimate of drug-likeness (QED) is 0.682. The fourth-order valence-corrected chi connectivity index (χ4v) is 2.06. The van der Waals surface area contributed by atoms with Gasteiger partial charge in [0.1, 0.15) is 5.82 Å². The Bertz CT molecular complexity index is 325. The second-order valence-corrected chi connectivity index (χ2v) is 4.10. The summed E-state index contributed by atoms with van der Waals surface area (Å²) in [6.45, 7) is 1.14. The molecule has 0 unspecified atom stereocenters. The zero-order valence-corrected chi connectivity index (χ0v) is 8.73. The number of benzene rings is 1. The fourth-order valence-electron chi connectivity index (χ4n) is 1.58. The van der Waals surface area contributed by atoms with Crippen LogP contribution >= 0.6 is 15.9 Å². The van der Waals surface area contributed by atoms with Gasteiger partial charge in [-0.1, -0.05) is 15.9 Å². The van der Waals surface area contributed by atoms with Crippen molar-refractivity contribution in [2.24, 2.45) is 0 Å². The van der Waals surface area contributed by atoms with Crippen LogP contribution < -0.4 is 0 Å². The minimum atomic E-state index is -0.161. The van der Waals surface area contributed by atoms with Gasteiger partial charge in [0.25, 0.3) is 0 Å². The van der Waals surface area contributed by atoms with Crippen LogP contribution in [0.5, 0.6) is 0 Å². The highest BCUT2D eigenvalue weighted by atomic mass is 79.9. The minimum Gasteiger partial charge on any atom is -0.377 e. The summed E-state index contributed by atoms with van der Waals surface area (Å²) < 4.78 is 19.5. The van der Waals surface area contributed by atoms with E-state index in [0.717, 1.165) is 35.0 Å². The molecule has 0 saturated carbocycles. The molecule has 0 radical (unpaired) electrons. The van der Waals surface area contributed by atoms with Crippen molar-refractivity contribution in [3.8, 4) is 0 Å². The van der Waals surface area contributed by atoms with Crippen molar-refractivity contribution in [2.45, 2.75) is 19.4 Å². The van der Waals surface area contributed by atoms with Crippen LogP contribution in [0.4, 0.5) is 4.39 Å². The fraction of sp³-hybridized carbons (Fsp3) is 0.400. The van der Waals surface area contributed by atoms with Crippen LogP contribution in [0.1, 0.15) is 17.5 Å². The molecule has 0 spiro atoms. The first kappa shape index (κ1) is 9.16. The first-order chi connectivity index (χ1) is 6.27. The Kier molecular flexibility index (Phi) is 2.65. The van der Waals surface area contributed by atoms with Gasteiger partial charge in [0.2, 0.25) is 0 Å². The lowest BCUT2D eigenvalue weighted by atomic mass is 10.0. The van der Waals surface area contributed by atoms with Gasteiger partial charge < -0.3 is 4.74 Å². The van der Waals surface area contributed by atoms with E-state index in [4.69, 9.17) is 4.74 Å². The molecule has 0 saturated heterocycles. The predicted molar refractivity (Wildman–Crippen MR) is 52.1 cm³/mol. The van der Waals surface area contributed by atoms with Crippen LogP contribution in [0.2, 0.25) is 0 Å². The van der Waals surface area contributed by atoms with E-state index in [1.807, 2.05) is 6.07 Å². The third kappa shape index (κ3) is 1.92. The summed E-state index contributed by atoms with van der Waals surface area (Å²) in [6, 6.07) is 3.47. The molecule has 1 aliphatic rings. The van der Waals surface area contributed by atoms with Crippen molar-refractivity contribution in [1.82, 2.24) is 0 Å². The van der Waals surface area contributed by atoms with Crippen LogP contribution in [-0.2, 0) is 17.8 Å². The molecule has 70 valence electrons. The number of hydrogen-bond acceptors (Lipinski definition) is 1. The molecular weight excluding hydrogens is 235 g/mol. The van der Waals surface area contributed by atoms with Crippen LogP contribution in [0, 0.1) is 5.82 Å². The van der Waals surface area contributed by atoms with Crippen molar-refractivity contribution < 1.29 is 9.13 Å². The molecular formula is C10H10BrFO. The van der Waals surface area contributed by atoms with E-state index in [1.54, 1.807) is 0 Å². The van der Waals surface area contributed by atoms with E-state index in [2.05, 4.69) is 15.9 Å². The molecule has 0 atom stereocenters. The number of rotatable bonds is 0. The Hall–Kier alpha value is -0.410. The van der Waals surface area contributed by atoms with E-state index in [9.17, 15) is 4.39 Å². The van der Waals surface area contributed by atoms with Gasteiger partial charge in [-0.2, -0.15) is 0 Å². The highest BCUT2D eigenvalue weighted by Crippen LogP contribution is 2.24. The van der Waals surface area contributed by atoms with Crippen molar-refractivity contribution in [1.29, 1.82) is 0 Å². The molecule has 0 bridgehead atoms. The third-order valence-electron chi connectivity index (χ3n) is 2.23. The van der Waals surface area contributed by atoms with Gasteiger partial charge in [-0.15, -0.1) is 0 Å². The lowest BCUT2D eigenvalue weighted by Crippen LogP contribution is -1.96. The van der Waals surface area contributed by atoms with Gasteiger partial charge >= 0.3 is 0 Å². The molecule has 1 heterocycles. The van der Waals surface area contributed by atoms with Crippen LogP contribution in [0.25, 0.3) is 0 Å². The van der Waals surface area contributed by atoms with Gasteiger partial charge in [0, 0.05) is 16.6 Å². The van der Waals surface area contributed by atoms with Crippen LogP contribution in [-0.4, -0.2) is 6.61 Å². The maximum Gasteiger partial charge on any atom is 0.130 e. The highest BCUT2D eigenvalue weighted by Gasteiger charge is 2.13. The van der Waals surface area contributed by atoms with E-state index in [1.165, 1.54) is 6.07 Å². The normalized spacial score (nSPS) is 16.5. The Balaban J connectivity index is 2.47. The summed E-state index contributed by atoms with van der Waals surface area (Å²) >= 11 is 3.29. The van der Waals surface area contributed by atoms with Gasteiger partial charge in [-0.25, -0.2) is 4.39 Å². The molecule has 1 aromatic carbocycles. The molecule has 13 heavy (non-hydrogen) atoms. The number of ether oxygens (including phenoxy) is 1. The van der Waals surface area contributed by atoms with Gasteiger partial charge in [-0.05, 0) is 30.5 Å². The first-order valence-corrected chi connectivity index (χ1v) is 5.11.